The van der Waals surface area contributed by atoms with Crippen molar-refractivity contribution in [2.75, 3.05) is 7.11 Å². The van der Waals surface area contributed by atoms with E-state index in [1.807, 2.05) is 31.2 Å². The molecule has 18 heavy (non-hydrogen) atoms. The lowest BCUT2D eigenvalue weighted by Crippen LogP contribution is -2.21. The van der Waals surface area contributed by atoms with Gasteiger partial charge < -0.3 is 4.74 Å². The Hall–Kier alpha value is -1.84. The average Bonchev–Trinajstić information content (AvgIpc) is 2.38. The Morgan fingerprint density at radius 2 is 2.00 bits per heavy atom. The second kappa shape index (κ2) is 7.48. The number of rotatable bonds is 6. The van der Waals surface area contributed by atoms with E-state index in [1.54, 1.807) is 7.11 Å². The van der Waals surface area contributed by atoms with Gasteiger partial charge in [-0.2, -0.15) is 5.10 Å². The van der Waals surface area contributed by atoms with Gasteiger partial charge in [-0.15, -0.1) is 0 Å². The summed E-state index contributed by atoms with van der Waals surface area (Å²) in [5.41, 5.74) is 4.45. The minimum Gasteiger partial charge on any atom is -0.497 e. The molecular weight excluding hydrogens is 228 g/mol. The van der Waals surface area contributed by atoms with E-state index in [0.29, 0.717) is 6.42 Å². The summed E-state index contributed by atoms with van der Waals surface area (Å²) >= 11 is 0. The van der Waals surface area contributed by atoms with E-state index in [-0.39, 0.29) is 5.91 Å². The molecule has 1 N–H and O–H groups in total. The topological polar surface area (TPSA) is 50.7 Å². The maximum absolute atomic E-state index is 11.6. The van der Waals surface area contributed by atoms with Crippen LogP contribution in [-0.4, -0.2) is 18.7 Å². The molecular formula is C14H20N2O2. The second-order valence-corrected chi connectivity index (χ2v) is 4.16. The van der Waals surface area contributed by atoms with Crippen LogP contribution in [0.3, 0.4) is 0 Å². The summed E-state index contributed by atoms with van der Waals surface area (Å²) in [7, 11) is 1.62. The molecule has 0 fully saturated rings. The first-order valence-corrected chi connectivity index (χ1v) is 6.10. The molecule has 0 bridgehead atoms. The molecule has 4 nitrogen and oxygen atoms in total. The van der Waals surface area contributed by atoms with Crippen molar-refractivity contribution in [3.8, 4) is 5.75 Å². The lowest BCUT2D eigenvalue weighted by Gasteiger charge is -2.03. The van der Waals surface area contributed by atoms with Gasteiger partial charge in [-0.25, -0.2) is 5.43 Å². The quantitative estimate of drug-likeness (QED) is 0.621. The minimum absolute atomic E-state index is 0.101. The predicted octanol–water partition coefficient (Wildman–Crippen LogP) is 2.53. The van der Waals surface area contributed by atoms with Gasteiger partial charge >= 0.3 is 0 Å². The number of nitrogens with zero attached hydrogens (tertiary/aromatic N) is 1. The van der Waals surface area contributed by atoms with Crippen molar-refractivity contribution in [2.24, 2.45) is 5.10 Å². The fraction of sp³-hybridized carbons (Fsp3) is 0.429. The fourth-order valence-corrected chi connectivity index (χ4v) is 1.54. The molecule has 0 spiro atoms. The van der Waals surface area contributed by atoms with Crippen molar-refractivity contribution in [2.45, 2.75) is 33.1 Å². The van der Waals surface area contributed by atoms with Gasteiger partial charge in [-0.05, 0) is 31.0 Å². The van der Waals surface area contributed by atoms with Crippen molar-refractivity contribution in [3.05, 3.63) is 29.8 Å². The molecule has 0 aliphatic heterocycles. The molecule has 0 aliphatic carbocycles. The molecule has 0 unspecified atom stereocenters. The summed E-state index contributed by atoms with van der Waals surface area (Å²) in [6.07, 6.45) is 2.26. The molecule has 0 aliphatic rings. The van der Waals surface area contributed by atoms with Crippen molar-refractivity contribution in [1.29, 1.82) is 0 Å². The highest BCUT2D eigenvalue weighted by Crippen LogP contribution is 2.11. The van der Waals surface area contributed by atoms with Gasteiger partial charge in [0.15, 0.2) is 0 Å². The molecule has 4 heteroatoms. The summed E-state index contributed by atoms with van der Waals surface area (Å²) in [6, 6.07) is 7.44. The second-order valence-electron chi connectivity index (χ2n) is 4.16. The number of ether oxygens (including phenoxy) is 1. The zero-order valence-electron chi connectivity index (χ0n) is 11.2. The third-order valence-corrected chi connectivity index (χ3v) is 2.51. The SMILES string of the molecule is CCCC(C)=NNC(=O)Cc1ccc(OC)cc1. The smallest absolute Gasteiger partial charge is 0.244 e. The summed E-state index contributed by atoms with van der Waals surface area (Å²) in [5, 5.41) is 4.04. The zero-order valence-corrected chi connectivity index (χ0v) is 11.2. The standard InChI is InChI=1S/C14H20N2O2/c1-4-5-11(2)15-16-14(17)10-12-6-8-13(18-3)9-7-12/h6-9H,4-5,10H2,1-3H3,(H,16,17). The Labute approximate surface area is 108 Å². The molecule has 0 radical (unpaired) electrons. The van der Waals surface area contributed by atoms with Crippen LogP contribution in [0.4, 0.5) is 0 Å². The molecule has 0 saturated heterocycles. The molecule has 1 rings (SSSR count). The molecule has 98 valence electrons. The van der Waals surface area contributed by atoms with E-state index in [4.69, 9.17) is 4.74 Å². The summed E-state index contributed by atoms with van der Waals surface area (Å²) in [5.74, 6) is 0.687. The first-order valence-electron chi connectivity index (χ1n) is 6.10. The monoisotopic (exact) mass is 248 g/mol. The van der Waals surface area contributed by atoms with Crippen molar-refractivity contribution in [1.82, 2.24) is 5.43 Å². The van der Waals surface area contributed by atoms with Gasteiger partial charge in [0.25, 0.3) is 0 Å². The van der Waals surface area contributed by atoms with E-state index < -0.39 is 0 Å². The minimum atomic E-state index is -0.101. The van der Waals surface area contributed by atoms with E-state index in [9.17, 15) is 4.79 Å². The molecule has 0 atom stereocenters. The maximum Gasteiger partial charge on any atom is 0.244 e. The number of carbonyl (C=O) groups excluding carboxylic acids is 1. The molecule has 0 saturated carbocycles. The number of hydrogen-bond donors (Lipinski definition) is 1. The Bertz CT molecular complexity index is 410. The number of benzene rings is 1. The first-order chi connectivity index (χ1) is 8.65. The van der Waals surface area contributed by atoms with Gasteiger partial charge in [0.05, 0.1) is 13.5 Å². The first kappa shape index (κ1) is 14.2. The zero-order chi connectivity index (χ0) is 13.4. The highest BCUT2D eigenvalue weighted by atomic mass is 16.5. The number of amides is 1. The third-order valence-electron chi connectivity index (χ3n) is 2.51. The van der Waals surface area contributed by atoms with E-state index in [0.717, 1.165) is 29.9 Å². The van der Waals surface area contributed by atoms with Crippen LogP contribution in [0.25, 0.3) is 0 Å². The number of methoxy groups -OCH3 is 1. The van der Waals surface area contributed by atoms with Crippen molar-refractivity contribution < 1.29 is 9.53 Å². The van der Waals surface area contributed by atoms with Crippen LogP contribution in [0.2, 0.25) is 0 Å². The third kappa shape index (κ3) is 4.99. The van der Waals surface area contributed by atoms with Crippen LogP contribution < -0.4 is 10.2 Å². The van der Waals surface area contributed by atoms with Gasteiger partial charge in [-0.1, -0.05) is 25.5 Å². The summed E-state index contributed by atoms with van der Waals surface area (Å²) in [4.78, 5) is 11.6. The van der Waals surface area contributed by atoms with Crippen molar-refractivity contribution >= 4 is 11.6 Å². The van der Waals surface area contributed by atoms with Crippen LogP contribution in [0.15, 0.2) is 29.4 Å². The Kier molecular flexibility index (Phi) is 5.91. The van der Waals surface area contributed by atoms with Gasteiger partial charge in [0.2, 0.25) is 5.91 Å². The number of carbonyl (C=O) groups is 1. The van der Waals surface area contributed by atoms with Gasteiger partial charge in [0.1, 0.15) is 5.75 Å². The highest BCUT2D eigenvalue weighted by molar-refractivity contribution is 5.84. The molecule has 0 aromatic heterocycles. The molecule has 0 heterocycles. The largest absolute Gasteiger partial charge is 0.497 e. The lowest BCUT2D eigenvalue weighted by atomic mass is 10.1. The van der Waals surface area contributed by atoms with Crippen LogP contribution in [0.1, 0.15) is 32.3 Å². The summed E-state index contributed by atoms with van der Waals surface area (Å²) < 4.78 is 5.06. The Balaban J connectivity index is 2.46. The van der Waals surface area contributed by atoms with Crippen molar-refractivity contribution in [3.63, 3.8) is 0 Å². The lowest BCUT2D eigenvalue weighted by molar-refractivity contribution is -0.120. The van der Waals surface area contributed by atoms with E-state index in [1.165, 1.54) is 0 Å². The summed E-state index contributed by atoms with van der Waals surface area (Å²) in [6.45, 7) is 4.00. The maximum atomic E-state index is 11.6. The highest BCUT2D eigenvalue weighted by Gasteiger charge is 2.02. The van der Waals surface area contributed by atoms with Gasteiger partial charge in [-0.3, -0.25) is 4.79 Å². The van der Waals surface area contributed by atoms with Crippen LogP contribution >= 0.6 is 0 Å². The van der Waals surface area contributed by atoms with Crippen LogP contribution in [0.5, 0.6) is 5.75 Å². The predicted molar refractivity (Wildman–Crippen MR) is 72.9 cm³/mol. The van der Waals surface area contributed by atoms with Crippen LogP contribution in [-0.2, 0) is 11.2 Å². The Morgan fingerprint density at radius 3 is 2.56 bits per heavy atom. The fourth-order valence-electron chi connectivity index (χ4n) is 1.54. The number of nitrogens with one attached hydrogen (secondary N) is 1. The molecule has 1 amide bonds. The number of hydrazone groups is 1. The number of hydrogen-bond acceptors (Lipinski definition) is 3. The Morgan fingerprint density at radius 1 is 1.33 bits per heavy atom. The van der Waals surface area contributed by atoms with E-state index >= 15 is 0 Å². The average molecular weight is 248 g/mol. The van der Waals surface area contributed by atoms with E-state index in [2.05, 4.69) is 17.5 Å². The van der Waals surface area contributed by atoms with Gasteiger partial charge in [0, 0.05) is 5.71 Å². The normalized spacial score (nSPS) is 11.2. The van der Waals surface area contributed by atoms with Crippen LogP contribution in [0, 0.1) is 0 Å². The molecule has 1 aromatic carbocycles. The molecule has 1 aromatic rings.